The van der Waals surface area contributed by atoms with Gasteiger partial charge in [0.25, 0.3) is 5.91 Å². The lowest BCUT2D eigenvalue weighted by molar-refractivity contribution is -0.125. The number of benzene rings is 1. The minimum Gasteiger partial charge on any atom is -0.452 e. The SMILES string of the molecule is C[C@@H]1[C@@H](C)CCC[C@H]1NC(=O)COC(=O)c1cc(Br)ccc1N. The maximum atomic E-state index is 12.0. The fourth-order valence-electron chi connectivity index (χ4n) is 2.95. The highest BCUT2D eigenvalue weighted by Crippen LogP contribution is 2.29. The first-order valence-corrected chi connectivity index (χ1v) is 8.69. The van der Waals surface area contributed by atoms with E-state index >= 15 is 0 Å². The van der Waals surface area contributed by atoms with E-state index in [1.807, 2.05) is 0 Å². The van der Waals surface area contributed by atoms with E-state index in [2.05, 4.69) is 35.1 Å². The summed E-state index contributed by atoms with van der Waals surface area (Å²) in [5, 5.41) is 2.98. The zero-order valence-electron chi connectivity index (χ0n) is 13.5. The van der Waals surface area contributed by atoms with Crippen molar-refractivity contribution < 1.29 is 14.3 Å². The summed E-state index contributed by atoms with van der Waals surface area (Å²) in [5.41, 5.74) is 6.34. The number of carbonyl (C=O) groups is 2. The topological polar surface area (TPSA) is 81.4 Å². The van der Waals surface area contributed by atoms with Crippen LogP contribution < -0.4 is 11.1 Å². The number of esters is 1. The van der Waals surface area contributed by atoms with Crippen molar-refractivity contribution in [3.8, 4) is 0 Å². The molecule has 0 heterocycles. The van der Waals surface area contributed by atoms with Gasteiger partial charge in [-0.3, -0.25) is 4.79 Å². The summed E-state index contributed by atoms with van der Waals surface area (Å²) in [5.74, 6) is 0.170. The average molecular weight is 383 g/mol. The summed E-state index contributed by atoms with van der Waals surface area (Å²) in [6.07, 6.45) is 3.29. The third kappa shape index (κ3) is 4.70. The number of anilines is 1. The van der Waals surface area contributed by atoms with Crippen molar-refractivity contribution >= 4 is 33.5 Å². The number of hydrogen-bond donors (Lipinski definition) is 2. The minimum absolute atomic E-state index is 0.154. The molecular formula is C17H23BrN2O3. The Morgan fingerprint density at radius 1 is 1.35 bits per heavy atom. The molecule has 2 rings (SSSR count). The second-order valence-corrected chi connectivity index (χ2v) is 7.16. The first-order valence-electron chi connectivity index (χ1n) is 7.90. The van der Waals surface area contributed by atoms with Gasteiger partial charge in [-0.15, -0.1) is 0 Å². The molecule has 3 atom stereocenters. The normalized spacial score (nSPS) is 24.0. The van der Waals surface area contributed by atoms with Gasteiger partial charge in [0.05, 0.1) is 5.56 Å². The van der Waals surface area contributed by atoms with Crippen LogP contribution in [-0.2, 0) is 9.53 Å². The van der Waals surface area contributed by atoms with Crippen molar-refractivity contribution in [3.05, 3.63) is 28.2 Å². The molecule has 126 valence electrons. The molecule has 1 aliphatic carbocycles. The molecule has 1 aromatic carbocycles. The Balaban J connectivity index is 1.86. The lowest BCUT2D eigenvalue weighted by Crippen LogP contribution is -2.45. The molecule has 1 aliphatic rings. The maximum Gasteiger partial charge on any atom is 0.340 e. The highest BCUT2D eigenvalue weighted by atomic mass is 79.9. The molecular weight excluding hydrogens is 360 g/mol. The van der Waals surface area contributed by atoms with Gasteiger partial charge in [-0.2, -0.15) is 0 Å². The molecule has 0 aromatic heterocycles. The van der Waals surface area contributed by atoms with Crippen LogP contribution in [0.2, 0.25) is 0 Å². The second kappa shape index (κ2) is 7.81. The number of carbonyl (C=O) groups excluding carboxylic acids is 2. The van der Waals surface area contributed by atoms with Crippen LogP contribution in [0.25, 0.3) is 0 Å². The molecule has 0 spiro atoms. The van der Waals surface area contributed by atoms with Gasteiger partial charge in [-0.1, -0.05) is 42.6 Å². The largest absolute Gasteiger partial charge is 0.452 e. The standard InChI is InChI=1S/C17H23BrN2O3/c1-10-4-3-5-15(11(10)2)20-16(21)9-23-17(22)13-8-12(18)6-7-14(13)19/h6-8,10-11,15H,3-5,9,19H2,1-2H3,(H,20,21)/t10-,11+,15+/m0/s1. The van der Waals surface area contributed by atoms with E-state index in [1.165, 1.54) is 6.42 Å². The summed E-state index contributed by atoms with van der Waals surface area (Å²) < 4.78 is 5.81. The third-order valence-electron chi connectivity index (χ3n) is 4.62. The Labute approximate surface area is 145 Å². The van der Waals surface area contributed by atoms with E-state index in [0.29, 0.717) is 17.5 Å². The number of nitrogen functional groups attached to an aromatic ring is 1. The number of rotatable bonds is 4. The van der Waals surface area contributed by atoms with Crippen molar-refractivity contribution in [1.29, 1.82) is 0 Å². The maximum absolute atomic E-state index is 12.0. The second-order valence-electron chi connectivity index (χ2n) is 6.25. The number of nitrogens with two attached hydrogens (primary N) is 1. The van der Waals surface area contributed by atoms with Crippen molar-refractivity contribution in [2.45, 2.75) is 39.2 Å². The van der Waals surface area contributed by atoms with Gasteiger partial charge in [0.15, 0.2) is 6.61 Å². The van der Waals surface area contributed by atoms with E-state index < -0.39 is 5.97 Å². The van der Waals surface area contributed by atoms with Crippen LogP contribution in [0.15, 0.2) is 22.7 Å². The van der Waals surface area contributed by atoms with Gasteiger partial charge in [-0.25, -0.2) is 4.79 Å². The van der Waals surface area contributed by atoms with Crippen LogP contribution in [0.1, 0.15) is 43.5 Å². The highest BCUT2D eigenvalue weighted by Gasteiger charge is 2.28. The van der Waals surface area contributed by atoms with Crippen LogP contribution in [0, 0.1) is 11.8 Å². The predicted octanol–water partition coefficient (Wildman–Crippen LogP) is 3.13. The monoisotopic (exact) mass is 382 g/mol. The van der Waals surface area contributed by atoms with E-state index in [0.717, 1.165) is 17.3 Å². The Morgan fingerprint density at radius 2 is 2.09 bits per heavy atom. The molecule has 23 heavy (non-hydrogen) atoms. The van der Waals surface area contributed by atoms with Crippen molar-refractivity contribution in [3.63, 3.8) is 0 Å². The van der Waals surface area contributed by atoms with Gasteiger partial charge in [0, 0.05) is 16.2 Å². The fourth-order valence-corrected chi connectivity index (χ4v) is 3.31. The molecule has 1 saturated carbocycles. The van der Waals surface area contributed by atoms with Crippen molar-refractivity contribution in [2.75, 3.05) is 12.3 Å². The van der Waals surface area contributed by atoms with E-state index in [9.17, 15) is 9.59 Å². The summed E-state index contributed by atoms with van der Waals surface area (Å²) in [4.78, 5) is 24.1. The van der Waals surface area contributed by atoms with E-state index in [4.69, 9.17) is 10.5 Å². The van der Waals surface area contributed by atoms with Crippen LogP contribution in [-0.4, -0.2) is 24.5 Å². The Kier molecular flexibility index (Phi) is 6.04. The smallest absolute Gasteiger partial charge is 0.340 e. The van der Waals surface area contributed by atoms with E-state index in [1.54, 1.807) is 18.2 Å². The van der Waals surface area contributed by atoms with Crippen LogP contribution in [0.3, 0.4) is 0 Å². The first kappa shape index (κ1) is 17.8. The molecule has 0 unspecified atom stereocenters. The number of halogens is 1. The fraction of sp³-hybridized carbons (Fsp3) is 0.529. The summed E-state index contributed by atoms with van der Waals surface area (Å²) in [7, 11) is 0. The molecule has 3 N–H and O–H groups in total. The molecule has 0 saturated heterocycles. The molecule has 0 aliphatic heterocycles. The van der Waals surface area contributed by atoms with Crippen LogP contribution in [0.5, 0.6) is 0 Å². The van der Waals surface area contributed by atoms with Gasteiger partial charge in [-0.05, 0) is 36.5 Å². The van der Waals surface area contributed by atoms with Crippen LogP contribution in [0.4, 0.5) is 5.69 Å². The molecule has 1 amide bonds. The van der Waals surface area contributed by atoms with Crippen molar-refractivity contribution in [2.24, 2.45) is 11.8 Å². The quantitative estimate of drug-likeness (QED) is 0.618. The van der Waals surface area contributed by atoms with Gasteiger partial charge in [0.1, 0.15) is 0 Å². The molecule has 1 fully saturated rings. The lowest BCUT2D eigenvalue weighted by Gasteiger charge is -2.34. The van der Waals surface area contributed by atoms with Crippen LogP contribution >= 0.6 is 15.9 Å². The summed E-state index contributed by atoms with van der Waals surface area (Å²) in [6.45, 7) is 4.07. The molecule has 0 bridgehead atoms. The Morgan fingerprint density at radius 3 is 2.83 bits per heavy atom. The summed E-state index contributed by atoms with van der Waals surface area (Å²) in [6, 6.07) is 5.09. The van der Waals surface area contributed by atoms with Gasteiger partial charge < -0.3 is 15.8 Å². The van der Waals surface area contributed by atoms with Gasteiger partial charge in [0.2, 0.25) is 0 Å². The Hall–Kier alpha value is -1.56. The zero-order valence-corrected chi connectivity index (χ0v) is 15.1. The third-order valence-corrected chi connectivity index (χ3v) is 5.12. The first-order chi connectivity index (χ1) is 10.9. The minimum atomic E-state index is -0.594. The molecule has 5 nitrogen and oxygen atoms in total. The number of hydrogen-bond acceptors (Lipinski definition) is 4. The lowest BCUT2D eigenvalue weighted by atomic mass is 9.78. The molecule has 0 radical (unpaired) electrons. The van der Waals surface area contributed by atoms with Crippen molar-refractivity contribution in [1.82, 2.24) is 5.32 Å². The Bertz CT molecular complexity index is 591. The van der Waals surface area contributed by atoms with E-state index in [-0.39, 0.29) is 24.1 Å². The average Bonchev–Trinajstić information content (AvgIpc) is 2.52. The number of nitrogens with one attached hydrogen (secondary N) is 1. The predicted molar refractivity (Wildman–Crippen MR) is 92.9 cm³/mol. The highest BCUT2D eigenvalue weighted by molar-refractivity contribution is 9.10. The number of ether oxygens (including phenoxy) is 1. The van der Waals surface area contributed by atoms with Gasteiger partial charge >= 0.3 is 5.97 Å². The summed E-state index contributed by atoms with van der Waals surface area (Å²) >= 11 is 3.28. The molecule has 1 aromatic rings. The number of amides is 1. The zero-order chi connectivity index (χ0) is 17.0. The molecule has 6 heteroatoms.